The minimum absolute atomic E-state index is 0.0346. The summed E-state index contributed by atoms with van der Waals surface area (Å²) in [5, 5.41) is 0. The van der Waals surface area contributed by atoms with Gasteiger partial charge < -0.3 is 4.74 Å². The lowest BCUT2D eigenvalue weighted by Gasteiger charge is -2.03. The summed E-state index contributed by atoms with van der Waals surface area (Å²) in [4.78, 5) is 11.0. The molecule has 0 aromatic heterocycles. The average Bonchev–Trinajstić information content (AvgIpc) is 2.30. The van der Waals surface area contributed by atoms with Crippen LogP contribution in [0.4, 0.5) is 8.78 Å². The molecule has 0 amide bonds. The van der Waals surface area contributed by atoms with Gasteiger partial charge in [-0.15, -0.1) is 0 Å². The summed E-state index contributed by atoms with van der Waals surface area (Å²) in [5.74, 6) is -0.363. The molecule has 0 spiro atoms. The van der Waals surface area contributed by atoms with Crippen LogP contribution in [0.15, 0.2) is 30.3 Å². The maximum Gasteiger partial charge on any atom is 0.309 e. The van der Waals surface area contributed by atoms with Crippen molar-refractivity contribution in [1.82, 2.24) is 0 Å². The van der Waals surface area contributed by atoms with Crippen molar-refractivity contribution < 1.29 is 18.3 Å². The van der Waals surface area contributed by atoms with Gasteiger partial charge in [-0.05, 0) is 12.5 Å². The first-order valence-electron chi connectivity index (χ1n) is 5.34. The molecule has 0 fully saturated rings. The van der Waals surface area contributed by atoms with E-state index >= 15 is 0 Å². The van der Waals surface area contributed by atoms with E-state index in [1.54, 1.807) is 25.1 Å². The summed E-state index contributed by atoms with van der Waals surface area (Å²) in [6.07, 6.45) is 0.613. The van der Waals surface area contributed by atoms with Crippen molar-refractivity contribution >= 4 is 12.0 Å². The summed E-state index contributed by atoms with van der Waals surface area (Å²) in [6, 6.07) is 6.19. The first-order valence-corrected chi connectivity index (χ1v) is 5.34. The van der Waals surface area contributed by atoms with Crippen LogP contribution in [-0.4, -0.2) is 12.6 Å². The fourth-order valence-corrected chi connectivity index (χ4v) is 1.36. The third kappa shape index (κ3) is 4.34. The van der Waals surface area contributed by atoms with Crippen molar-refractivity contribution in [3.63, 3.8) is 0 Å². The van der Waals surface area contributed by atoms with Crippen LogP contribution in [0.2, 0.25) is 0 Å². The Labute approximate surface area is 98.9 Å². The number of ether oxygens (including phenoxy) is 1. The highest BCUT2D eigenvalue weighted by Crippen LogP contribution is 2.23. The normalized spacial score (nSPS) is 11.1. The highest BCUT2D eigenvalue weighted by atomic mass is 19.3. The molecule has 17 heavy (non-hydrogen) atoms. The zero-order chi connectivity index (χ0) is 12.7. The van der Waals surface area contributed by atoms with Gasteiger partial charge in [0.25, 0.3) is 6.43 Å². The van der Waals surface area contributed by atoms with Crippen molar-refractivity contribution in [2.45, 2.75) is 19.8 Å². The molecule has 0 radical (unpaired) electrons. The number of benzene rings is 1. The quantitative estimate of drug-likeness (QED) is 0.735. The van der Waals surface area contributed by atoms with Crippen LogP contribution in [0.1, 0.15) is 30.9 Å². The standard InChI is InChI=1S/C13H14F2O2/c1-2-17-12(16)9-5-7-10-6-3-4-8-11(10)13(14)15/h3-8,13H,2,9H2,1H3. The zero-order valence-corrected chi connectivity index (χ0v) is 9.53. The van der Waals surface area contributed by atoms with Crippen LogP contribution in [0, 0.1) is 0 Å². The first-order chi connectivity index (χ1) is 8.15. The molecule has 1 rings (SSSR count). The average molecular weight is 240 g/mol. The van der Waals surface area contributed by atoms with E-state index in [2.05, 4.69) is 0 Å². The lowest BCUT2D eigenvalue weighted by atomic mass is 10.1. The van der Waals surface area contributed by atoms with E-state index in [1.807, 2.05) is 0 Å². The SMILES string of the molecule is CCOC(=O)CC=Cc1ccccc1C(F)F. The lowest BCUT2D eigenvalue weighted by molar-refractivity contribution is -0.142. The molecule has 92 valence electrons. The Bertz CT molecular complexity index is 400. The number of carbonyl (C=O) groups excluding carboxylic acids is 1. The van der Waals surface area contributed by atoms with Crippen LogP contribution in [0.3, 0.4) is 0 Å². The second kappa shape index (κ2) is 6.78. The summed E-state index contributed by atoms with van der Waals surface area (Å²) in [5.41, 5.74) is 0.388. The van der Waals surface area contributed by atoms with Gasteiger partial charge in [-0.2, -0.15) is 0 Å². The third-order valence-electron chi connectivity index (χ3n) is 2.12. The summed E-state index contributed by atoms with van der Waals surface area (Å²) < 4.78 is 29.9. The second-order valence-electron chi connectivity index (χ2n) is 3.34. The van der Waals surface area contributed by atoms with Crippen molar-refractivity contribution in [2.75, 3.05) is 6.61 Å². The van der Waals surface area contributed by atoms with Crippen LogP contribution in [0.5, 0.6) is 0 Å². The Kier molecular flexibility index (Phi) is 5.33. The van der Waals surface area contributed by atoms with Crippen LogP contribution in [-0.2, 0) is 9.53 Å². The molecule has 4 heteroatoms. The maximum absolute atomic E-state index is 12.6. The van der Waals surface area contributed by atoms with E-state index in [1.165, 1.54) is 18.2 Å². The van der Waals surface area contributed by atoms with Gasteiger partial charge >= 0.3 is 5.97 Å². The van der Waals surface area contributed by atoms with E-state index in [-0.39, 0.29) is 18.0 Å². The van der Waals surface area contributed by atoms with Gasteiger partial charge in [0.2, 0.25) is 0 Å². The van der Waals surface area contributed by atoms with E-state index in [9.17, 15) is 13.6 Å². The molecule has 0 unspecified atom stereocenters. The lowest BCUT2D eigenvalue weighted by Crippen LogP contribution is -2.01. The smallest absolute Gasteiger partial charge is 0.309 e. The predicted molar refractivity (Wildman–Crippen MR) is 61.7 cm³/mol. The van der Waals surface area contributed by atoms with Gasteiger partial charge in [-0.3, -0.25) is 4.79 Å². The van der Waals surface area contributed by atoms with Crippen LogP contribution in [0.25, 0.3) is 6.08 Å². The molecule has 0 heterocycles. The Morgan fingerprint density at radius 2 is 2.12 bits per heavy atom. The fraction of sp³-hybridized carbons (Fsp3) is 0.308. The molecule has 0 aliphatic carbocycles. The molecular weight excluding hydrogens is 226 g/mol. The minimum atomic E-state index is -2.52. The number of hydrogen-bond acceptors (Lipinski definition) is 2. The largest absolute Gasteiger partial charge is 0.466 e. The Morgan fingerprint density at radius 1 is 1.41 bits per heavy atom. The summed E-state index contributed by atoms with van der Waals surface area (Å²) >= 11 is 0. The number of halogens is 2. The van der Waals surface area contributed by atoms with Gasteiger partial charge in [0.05, 0.1) is 13.0 Å². The summed E-state index contributed by atoms with van der Waals surface area (Å²) in [7, 11) is 0. The molecule has 1 aromatic carbocycles. The van der Waals surface area contributed by atoms with E-state index in [0.717, 1.165) is 0 Å². The van der Waals surface area contributed by atoms with Gasteiger partial charge in [0, 0.05) is 5.56 Å². The third-order valence-corrected chi connectivity index (χ3v) is 2.12. The van der Waals surface area contributed by atoms with Crippen LogP contribution < -0.4 is 0 Å². The zero-order valence-electron chi connectivity index (χ0n) is 9.53. The van der Waals surface area contributed by atoms with Crippen molar-refractivity contribution in [3.8, 4) is 0 Å². The molecule has 0 aliphatic heterocycles. The highest BCUT2D eigenvalue weighted by molar-refractivity contribution is 5.72. The molecule has 0 aliphatic rings. The molecular formula is C13H14F2O2. The second-order valence-corrected chi connectivity index (χ2v) is 3.34. The minimum Gasteiger partial charge on any atom is -0.466 e. The van der Waals surface area contributed by atoms with Crippen molar-refractivity contribution in [2.24, 2.45) is 0 Å². The fourth-order valence-electron chi connectivity index (χ4n) is 1.36. The molecule has 0 bridgehead atoms. The first kappa shape index (κ1) is 13.4. The van der Waals surface area contributed by atoms with Crippen molar-refractivity contribution in [3.05, 3.63) is 41.5 Å². The van der Waals surface area contributed by atoms with Crippen LogP contribution >= 0.6 is 0 Å². The van der Waals surface area contributed by atoms with Gasteiger partial charge in [-0.25, -0.2) is 8.78 Å². The number of alkyl halides is 2. The van der Waals surface area contributed by atoms with E-state index in [4.69, 9.17) is 4.74 Å². The molecule has 1 aromatic rings. The molecule has 2 nitrogen and oxygen atoms in total. The maximum atomic E-state index is 12.6. The highest BCUT2D eigenvalue weighted by Gasteiger charge is 2.09. The summed E-state index contributed by atoms with van der Waals surface area (Å²) in [6.45, 7) is 2.04. The topological polar surface area (TPSA) is 26.3 Å². The number of rotatable bonds is 5. The number of carbonyl (C=O) groups is 1. The van der Waals surface area contributed by atoms with Gasteiger partial charge in [-0.1, -0.05) is 36.4 Å². The van der Waals surface area contributed by atoms with Gasteiger partial charge in [0.15, 0.2) is 0 Å². The molecule has 0 atom stereocenters. The molecule has 0 saturated heterocycles. The van der Waals surface area contributed by atoms with Gasteiger partial charge in [0.1, 0.15) is 0 Å². The monoisotopic (exact) mass is 240 g/mol. The van der Waals surface area contributed by atoms with E-state index in [0.29, 0.717) is 12.2 Å². The number of esters is 1. The Morgan fingerprint density at radius 3 is 2.76 bits per heavy atom. The van der Waals surface area contributed by atoms with Crippen molar-refractivity contribution in [1.29, 1.82) is 0 Å². The predicted octanol–water partition coefficient (Wildman–Crippen LogP) is 3.59. The van der Waals surface area contributed by atoms with E-state index < -0.39 is 6.43 Å². The Hall–Kier alpha value is -1.71. The molecule has 0 N–H and O–H groups in total. The number of hydrogen-bond donors (Lipinski definition) is 0. The Balaban J connectivity index is 2.68. The molecule has 0 saturated carbocycles.